The molecule has 0 amide bonds. The number of benzene rings is 1. The standard InChI is InChI=1S/C14H16F2N4O2S/c1-10-18-17-9-20(10)13-2-4-19(5-3-13)23(21,22)14-7-11(15)6-12(16)8-14/h6-9,13H,2-5H2,1H3. The number of hydrogen-bond donors (Lipinski definition) is 0. The Labute approximate surface area is 132 Å². The molecule has 1 aromatic carbocycles. The summed E-state index contributed by atoms with van der Waals surface area (Å²) in [4.78, 5) is -0.353. The fraction of sp³-hybridized carbons (Fsp3) is 0.429. The summed E-state index contributed by atoms with van der Waals surface area (Å²) in [5.41, 5.74) is 0. The second-order valence-electron chi connectivity index (χ2n) is 5.53. The zero-order valence-corrected chi connectivity index (χ0v) is 13.3. The number of rotatable bonds is 3. The lowest BCUT2D eigenvalue weighted by atomic mass is 10.1. The van der Waals surface area contributed by atoms with E-state index in [0.29, 0.717) is 18.9 Å². The minimum Gasteiger partial charge on any atom is -0.315 e. The Bertz CT molecular complexity index is 794. The molecule has 1 aliphatic rings. The van der Waals surface area contributed by atoms with Gasteiger partial charge in [0, 0.05) is 25.2 Å². The molecular formula is C14H16F2N4O2S. The van der Waals surface area contributed by atoms with Crippen molar-refractivity contribution >= 4 is 10.0 Å². The lowest BCUT2D eigenvalue weighted by Gasteiger charge is -2.32. The van der Waals surface area contributed by atoms with Gasteiger partial charge in [-0.2, -0.15) is 4.31 Å². The van der Waals surface area contributed by atoms with E-state index in [-0.39, 0.29) is 24.0 Å². The van der Waals surface area contributed by atoms with Crippen LogP contribution in [0, 0.1) is 18.6 Å². The number of piperidine rings is 1. The molecule has 3 rings (SSSR count). The number of aromatic nitrogens is 3. The van der Waals surface area contributed by atoms with Crippen LogP contribution in [0.1, 0.15) is 24.7 Å². The summed E-state index contributed by atoms with van der Waals surface area (Å²) < 4.78 is 54.8. The maximum Gasteiger partial charge on any atom is 0.243 e. The van der Waals surface area contributed by atoms with E-state index in [4.69, 9.17) is 0 Å². The zero-order chi connectivity index (χ0) is 16.6. The van der Waals surface area contributed by atoms with Crippen molar-refractivity contribution in [2.24, 2.45) is 0 Å². The minimum atomic E-state index is -3.90. The molecule has 0 N–H and O–H groups in total. The highest BCUT2D eigenvalue weighted by atomic mass is 32.2. The van der Waals surface area contributed by atoms with E-state index in [1.54, 1.807) is 6.33 Å². The highest BCUT2D eigenvalue weighted by Gasteiger charge is 2.31. The Kier molecular flexibility index (Phi) is 4.15. The number of nitrogens with zero attached hydrogens (tertiary/aromatic N) is 4. The van der Waals surface area contributed by atoms with Crippen molar-refractivity contribution in [2.75, 3.05) is 13.1 Å². The average molecular weight is 342 g/mol. The predicted molar refractivity (Wildman–Crippen MR) is 78.1 cm³/mol. The summed E-state index contributed by atoms with van der Waals surface area (Å²) in [6.45, 7) is 2.40. The van der Waals surface area contributed by atoms with Gasteiger partial charge in [0.05, 0.1) is 4.90 Å². The smallest absolute Gasteiger partial charge is 0.243 e. The summed E-state index contributed by atoms with van der Waals surface area (Å²) in [7, 11) is -3.90. The van der Waals surface area contributed by atoms with Crippen LogP contribution in [0.15, 0.2) is 29.4 Å². The average Bonchev–Trinajstić information content (AvgIpc) is 2.92. The molecule has 0 radical (unpaired) electrons. The van der Waals surface area contributed by atoms with Crippen molar-refractivity contribution in [3.63, 3.8) is 0 Å². The van der Waals surface area contributed by atoms with Crippen LogP contribution in [-0.2, 0) is 10.0 Å². The van der Waals surface area contributed by atoms with Gasteiger partial charge >= 0.3 is 0 Å². The van der Waals surface area contributed by atoms with E-state index in [2.05, 4.69) is 10.2 Å². The Morgan fingerprint density at radius 1 is 1.13 bits per heavy atom. The van der Waals surface area contributed by atoms with Crippen LogP contribution in [0.3, 0.4) is 0 Å². The number of halogens is 2. The van der Waals surface area contributed by atoms with Crippen LogP contribution in [0.25, 0.3) is 0 Å². The van der Waals surface area contributed by atoms with E-state index in [1.165, 1.54) is 4.31 Å². The van der Waals surface area contributed by atoms with Gasteiger partial charge in [-0.05, 0) is 31.9 Å². The molecule has 2 aromatic rings. The first kappa shape index (κ1) is 16.0. The number of aryl methyl sites for hydroxylation is 1. The van der Waals surface area contributed by atoms with Crippen molar-refractivity contribution in [2.45, 2.75) is 30.7 Å². The number of hydrogen-bond acceptors (Lipinski definition) is 4. The van der Waals surface area contributed by atoms with E-state index >= 15 is 0 Å². The largest absolute Gasteiger partial charge is 0.315 e. The summed E-state index contributed by atoms with van der Waals surface area (Å²) in [6, 6.07) is 2.46. The quantitative estimate of drug-likeness (QED) is 0.854. The highest BCUT2D eigenvalue weighted by Crippen LogP contribution is 2.27. The Hall–Kier alpha value is -1.87. The van der Waals surface area contributed by atoms with Crippen molar-refractivity contribution in [1.82, 2.24) is 19.1 Å². The Morgan fingerprint density at radius 2 is 1.74 bits per heavy atom. The first-order chi connectivity index (χ1) is 10.9. The second-order valence-corrected chi connectivity index (χ2v) is 7.46. The van der Waals surface area contributed by atoms with Crippen molar-refractivity contribution in [3.05, 3.63) is 42.0 Å². The van der Waals surface area contributed by atoms with Crippen LogP contribution in [0.4, 0.5) is 8.78 Å². The molecular weight excluding hydrogens is 326 g/mol. The topological polar surface area (TPSA) is 68.1 Å². The van der Waals surface area contributed by atoms with Gasteiger partial charge < -0.3 is 4.57 Å². The maximum atomic E-state index is 13.3. The molecule has 1 aromatic heterocycles. The summed E-state index contributed by atoms with van der Waals surface area (Å²) >= 11 is 0. The van der Waals surface area contributed by atoms with Crippen LogP contribution >= 0.6 is 0 Å². The molecule has 124 valence electrons. The third-order valence-corrected chi connectivity index (χ3v) is 5.92. The molecule has 0 saturated carbocycles. The Balaban J connectivity index is 1.77. The molecule has 9 heteroatoms. The van der Waals surface area contributed by atoms with Crippen LogP contribution in [-0.4, -0.2) is 40.6 Å². The first-order valence-corrected chi connectivity index (χ1v) is 8.64. The molecule has 1 fully saturated rings. The summed E-state index contributed by atoms with van der Waals surface area (Å²) in [5, 5.41) is 7.75. The lowest BCUT2D eigenvalue weighted by molar-refractivity contribution is 0.271. The first-order valence-electron chi connectivity index (χ1n) is 7.20. The zero-order valence-electron chi connectivity index (χ0n) is 12.5. The second kappa shape index (κ2) is 5.97. The van der Waals surface area contributed by atoms with E-state index in [9.17, 15) is 17.2 Å². The van der Waals surface area contributed by atoms with Gasteiger partial charge in [-0.3, -0.25) is 0 Å². The molecule has 2 heterocycles. The van der Waals surface area contributed by atoms with Crippen LogP contribution < -0.4 is 0 Å². The fourth-order valence-corrected chi connectivity index (χ4v) is 4.36. The molecule has 1 saturated heterocycles. The fourth-order valence-electron chi connectivity index (χ4n) is 2.85. The van der Waals surface area contributed by atoms with Gasteiger partial charge in [0.2, 0.25) is 10.0 Å². The third kappa shape index (κ3) is 3.11. The Morgan fingerprint density at radius 3 is 2.26 bits per heavy atom. The van der Waals surface area contributed by atoms with Crippen molar-refractivity contribution < 1.29 is 17.2 Å². The SMILES string of the molecule is Cc1nncn1C1CCN(S(=O)(=O)c2cc(F)cc(F)c2)CC1. The maximum absolute atomic E-state index is 13.3. The van der Waals surface area contributed by atoms with Gasteiger partial charge in [0.25, 0.3) is 0 Å². The van der Waals surface area contributed by atoms with Gasteiger partial charge in [0.1, 0.15) is 23.8 Å². The van der Waals surface area contributed by atoms with E-state index in [0.717, 1.165) is 18.0 Å². The molecule has 0 bridgehead atoms. The van der Waals surface area contributed by atoms with Crippen molar-refractivity contribution in [1.29, 1.82) is 0 Å². The van der Waals surface area contributed by atoms with Gasteiger partial charge in [-0.15, -0.1) is 10.2 Å². The van der Waals surface area contributed by atoms with Crippen LogP contribution in [0.2, 0.25) is 0 Å². The normalized spacial score (nSPS) is 17.5. The van der Waals surface area contributed by atoms with Gasteiger partial charge in [0.15, 0.2) is 0 Å². The molecule has 1 aliphatic heterocycles. The third-order valence-electron chi connectivity index (χ3n) is 4.04. The number of sulfonamides is 1. The molecule has 0 atom stereocenters. The predicted octanol–water partition coefficient (Wildman–Crippen LogP) is 1.89. The lowest BCUT2D eigenvalue weighted by Crippen LogP contribution is -2.39. The van der Waals surface area contributed by atoms with Crippen LogP contribution in [0.5, 0.6) is 0 Å². The van der Waals surface area contributed by atoms with Crippen molar-refractivity contribution in [3.8, 4) is 0 Å². The molecule has 23 heavy (non-hydrogen) atoms. The monoisotopic (exact) mass is 342 g/mol. The minimum absolute atomic E-state index is 0.126. The molecule has 0 unspecified atom stereocenters. The van der Waals surface area contributed by atoms with Gasteiger partial charge in [-0.1, -0.05) is 0 Å². The molecule has 0 aliphatic carbocycles. The summed E-state index contributed by atoms with van der Waals surface area (Å²) in [6.07, 6.45) is 2.82. The highest BCUT2D eigenvalue weighted by molar-refractivity contribution is 7.89. The summed E-state index contributed by atoms with van der Waals surface area (Å²) in [5.74, 6) is -1.03. The molecule has 0 spiro atoms. The molecule has 6 nitrogen and oxygen atoms in total. The van der Waals surface area contributed by atoms with Gasteiger partial charge in [-0.25, -0.2) is 17.2 Å². The van der Waals surface area contributed by atoms with E-state index in [1.807, 2.05) is 11.5 Å². The van der Waals surface area contributed by atoms with E-state index < -0.39 is 21.7 Å².